The fourth-order valence-electron chi connectivity index (χ4n) is 6.45. The van der Waals surface area contributed by atoms with Crippen LogP contribution in [0.4, 0.5) is 37.7 Å². The van der Waals surface area contributed by atoms with Gasteiger partial charge in [-0.15, -0.1) is 12.8 Å². The molecule has 0 unspecified atom stereocenters. The van der Waals surface area contributed by atoms with E-state index in [0.29, 0.717) is 29.2 Å². The van der Waals surface area contributed by atoms with Gasteiger partial charge in [0.05, 0.1) is 39.2 Å². The standard InChI is InChI=1S/C37H18F6N4O6/c1-3-18-5-10-23-26(13-18)33(51)46(31(23)49)28-15-21(8-7-20(28)17-45-53)35(36(38,39)40,37(41,42)43)22-9-12-25(30(44)48)29(16-22)47-32(50)24-11-6-19(4-2)14-27(24)34(47)52/h1-2,5-16H,17H2,(H2,44,48). The maximum atomic E-state index is 15.5. The van der Waals surface area contributed by atoms with Gasteiger partial charge < -0.3 is 5.73 Å². The van der Waals surface area contributed by atoms with Crippen LogP contribution >= 0.6 is 0 Å². The quantitative estimate of drug-likeness (QED) is 0.107. The molecule has 0 fully saturated rings. The maximum absolute atomic E-state index is 15.5. The Kier molecular flexibility index (Phi) is 8.30. The first-order valence-corrected chi connectivity index (χ1v) is 14.9. The third-order valence-corrected chi connectivity index (χ3v) is 8.89. The molecule has 4 aromatic rings. The summed E-state index contributed by atoms with van der Waals surface area (Å²) < 4.78 is 92.8. The Balaban J connectivity index is 1.62. The highest BCUT2D eigenvalue weighted by atomic mass is 19.4. The highest BCUT2D eigenvalue weighted by Crippen LogP contribution is 2.57. The van der Waals surface area contributed by atoms with Crippen molar-refractivity contribution >= 4 is 40.9 Å². The van der Waals surface area contributed by atoms with Gasteiger partial charge in [0.25, 0.3) is 29.5 Å². The van der Waals surface area contributed by atoms with Crippen LogP contribution in [0, 0.1) is 29.6 Å². The van der Waals surface area contributed by atoms with Gasteiger partial charge in [-0.2, -0.15) is 31.2 Å². The van der Waals surface area contributed by atoms with Gasteiger partial charge in [-0.05, 0) is 65.7 Å². The molecule has 4 aromatic carbocycles. The van der Waals surface area contributed by atoms with E-state index in [1.54, 1.807) is 0 Å². The zero-order chi connectivity index (χ0) is 38.8. The van der Waals surface area contributed by atoms with E-state index in [0.717, 1.165) is 24.3 Å². The molecule has 0 saturated heterocycles. The van der Waals surface area contributed by atoms with Crippen molar-refractivity contribution in [2.75, 3.05) is 9.80 Å². The molecule has 0 aromatic heterocycles. The number of anilines is 2. The molecule has 0 aliphatic carbocycles. The van der Waals surface area contributed by atoms with Crippen molar-refractivity contribution in [2.24, 2.45) is 10.9 Å². The second-order valence-electron chi connectivity index (χ2n) is 11.7. The Morgan fingerprint density at radius 2 is 1.08 bits per heavy atom. The van der Waals surface area contributed by atoms with Gasteiger partial charge in [0.2, 0.25) is 5.41 Å². The van der Waals surface area contributed by atoms with Crippen molar-refractivity contribution in [3.8, 4) is 24.7 Å². The molecule has 2 aliphatic rings. The molecule has 6 rings (SSSR count). The number of halogens is 6. The summed E-state index contributed by atoms with van der Waals surface area (Å²) in [5, 5.41) is 2.64. The lowest BCUT2D eigenvalue weighted by Crippen LogP contribution is -2.55. The number of fused-ring (bicyclic) bond motifs is 2. The van der Waals surface area contributed by atoms with Crippen molar-refractivity contribution in [1.82, 2.24) is 0 Å². The summed E-state index contributed by atoms with van der Waals surface area (Å²) in [5.41, 5.74) is -6.90. The summed E-state index contributed by atoms with van der Waals surface area (Å²) in [7, 11) is 0. The largest absolute Gasteiger partial charge is 0.411 e. The lowest BCUT2D eigenvalue weighted by Gasteiger charge is -2.39. The zero-order valence-corrected chi connectivity index (χ0v) is 26.4. The van der Waals surface area contributed by atoms with Crippen molar-refractivity contribution in [1.29, 1.82) is 0 Å². The SMILES string of the molecule is C#Cc1ccc2c(c1)C(=O)N(c1cc(C(c3ccc(C(N)=O)c(N4C(=O)c5ccc(C#C)cc5C4=O)c3)(C(F)(F)F)C(F)(F)F)ccc1CN=O)C2=O. The minimum Gasteiger partial charge on any atom is -0.366 e. The number of carbonyl (C=O) groups excluding carboxylic acids is 5. The topological polar surface area (TPSA) is 147 Å². The number of nitrogens with two attached hydrogens (primary N) is 1. The number of benzene rings is 4. The first kappa shape index (κ1) is 35.7. The molecule has 2 aliphatic heterocycles. The van der Waals surface area contributed by atoms with Crippen molar-refractivity contribution in [3.05, 3.63) is 133 Å². The van der Waals surface area contributed by atoms with E-state index in [-0.39, 0.29) is 50.4 Å². The number of alkyl halides is 6. The van der Waals surface area contributed by atoms with Crippen LogP contribution in [-0.4, -0.2) is 41.9 Å². The predicted molar refractivity (Wildman–Crippen MR) is 175 cm³/mol. The highest BCUT2D eigenvalue weighted by Gasteiger charge is 2.73. The van der Waals surface area contributed by atoms with Gasteiger partial charge in [-0.1, -0.05) is 35.2 Å². The molecule has 264 valence electrons. The summed E-state index contributed by atoms with van der Waals surface area (Å²) in [4.78, 5) is 78.2. The lowest BCUT2D eigenvalue weighted by molar-refractivity contribution is -0.288. The zero-order valence-electron chi connectivity index (χ0n) is 26.4. The molecule has 16 heteroatoms. The van der Waals surface area contributed by atoms with E-state index in [4.69, 9.17) is 18.6 Å². The summed E-state index contributed by atoms with van der Waals surface area (Å²) in [5.74, 6) is -1.68. The van der Waals surface area contributed by atoms with Gasteiger partial charge in [-0.3, -0.25) is 24.0 Å². The van der Waals surface area contributed by atoms with Crippen LogP contribution in [-0.2, 0) is 12.0 Å². The Hall–Kier alpha value is -7.07. The lowest BCUT2D eigenvalue weighted by atomic mass is 9.72. The summed E-state index contributed by atoms with van der Waals surface area (Å²) in [6.07, 6.45) is -1.87. The van der Waals surface area contributed by atoms with Gasteiger partial charge >= 0.3 is 12.4 Å². The van der Waals surface area contributed by atoms with E-state index >= 15 is 26.3 Å². The third kappa shape index (κ3) is 5.22. The molecule has 0 saturated carbocycles. The molecule has 0 spiro atoms. The van der Waals surface area contributed by atoms with Crippen LogP contribution in [0.25, 0.3) is 0 Å². The Morgan fingerprint density at radius 3 is 1.51 bits per heavy atom. The number of carbonyl (C=O) groups is 5. The third-order valence-electron chi connectivity index (χ3n) is 8.89. The Labute approximate surface area is 294 Å². The van der Waals surface area contributed by atoms with Crippen molar-refractivity contribution in [3.63, 3.8) is 0 Å². The monoisotopic (exact) mass is 728 g/mol. The van der Waals surface area contributed by atoms with Crippen LogP contribution in [0.3, 0.4) is 0 Å². The molecular formula is C37H18F6N4O6. The molecule has 0 bridgehead atoms. The summed E-state index contributed by atoms with van der Waals surface area (Å²) >= 11 is 0. The minimum atomic E-state index is -6.30. The van der Waals surface area contributed by atoms with Crippen LogP contribution in [0.1, 0.15) is 79.6 Å². The number of nitroso groups, excluding NO2 is 1. The van der Waals surface area contributed by atoms with E-state index in [2.05, 4.69) is 17.0 Å². The molecule has 0 atom stereocenters. The minimum absolute atomic E-state index is 0.113. The number of imide groups is 2. The smallest absolute Gasteiger partial charge is 0.366 e. The number of terminal acetylenes is 2. The first-order valence-electron chi connectivity index (χ1n) is 14.9. The average molecular weight is 729 g/mol. The van der Waals surface area contributed by atoms with E-state index < -0.39 is 87.5 Å². The fraction of sp³-hybridized carbons (Fsp3) is 0.108. The second-order valence-corrected chi connectivity index (χ2v) is 11.7. The van der Waals surface area contributed by atoms with Gasteiger partial charge in [-0.25, -0.2) is 9.80 Å². The molecule has 2 heterocycles. The van der Waals surface area contributed by atoms with Crippen molar-refractivity contribution in [2.45, 2.75) is 24.3 Å². The molecule has 2 N–H and O–H groups in total. The second kappa shape index (κ2) is 12.3. The number of primary amides is 1. The average Bonchev–Trinajstić information content (AvgIpc) is 3.50. The summed E-state index contributed by atoms with van der Waals surface area (Å²) in [6, 6.07) is 9.35. The molecule has 5 amide bonds. The number of amides is 5. The van der Waals surface area contributed by atoms with E-state index in [9.17, 15) is 28.9 Å². The Morgan fingerprint density at radius 1 is 0.642 bits per heavy atom. The van der Waals surface area contributed by atoms with E-state index in [1.807, 2.05) is 0 Å². The highest BCUT2D eigenvalue weighted by molar-refractivity contribution is 6.36. The number of hydrogen-bond acceptors (Lipinski definition) is 7. The number of hydrogen-bond donors (Lipinski definition) is 1. The number of nitrogens with zero attached hydrogens (tertiary/aromatic N) is 3. The van der Waals surface area contributed by atoms with Crippen LogP contribution in [0.5, 0.6) is 0 Å². The first-order chi connectivity index (χ1) is 24.9. The maximum Gasteiger partial charge on any atom is 0.411 e. The van der Waals surface area contributed by atoms with E-state index in [1.165, 1.54) is 12.1 Å². The van der Waals surface area contributed by atoms with Crippen molar-refractivity contribution < 1.29 is 50.3 Å². The Bertz CT molecular complexity index is 2430. The normalized spacial score (nSPS) is 14.2. The molecule has 53 heavy (non-hydrogen) atoms. The van der Waals surface area contributed by atoms with Gasteiger partial charge in [0, 0.05) is 16.7 Å². The molecular weight excluding hydrogens is 710 g/mol. The predicted octanol–water partition coefficient (Wildman–Crippen LogP) is 6.03. The summed E-state index contributed by atoms with van der Waals surface area (Å²) in [6.45, 7) is -0.887. The fourth-order valence-corrected chi connectivity index (χ4v) is 6.45. The van der Waals surface area contributed by atoms with Crippen LogP contribution < -0.4 is 15.5 Å². The van der Waals surface area contributed by atoms with Crippen LogP contribution in [0.15, 0.2) is 78.0 Å². The number of rotatable bonds is 7. The molecule has 10 nitrogen and oxygen atoms in total. The van der Waals surface area contributed by atoms with Gasteiger partial charge in [0.1, 0.15) is 6.54 Å². The van der Waals surface area contributed by atoms with Crippen LogP contribution in [0.2, 0.25) is 0 Å². The molecule has 0 radical (unpaired) electrons. The van der Waals surface area contributed by atoms with Gasteiger partial charge in [0.15, 0.2) is 0 Å².